The highest BCUT2D eigenvalue weighted by Gasteiger charge is 2.36. The first-order chi connectivity index (χ1) is 7.81. The second-order valence-electron chi connectivity index (χ2n) is 4.20. The zero-order chi connectivity index (χ0) is 13.5. The van der Waals surface area contributed by atoms with E-state index < -0.39 is 13.0 Å². The number of carbonyl (C=O) groups excluding carboxylic acids is 1. The van der Waals surface area contributed by atoms with Gasteiger partial charge in [0.25, 0.3) is 0 Å². The summed E-state index contributed by atoms with van der Waals surface area (Å²) >= 11 is 0. The Labute approximate surface area is 103 Å². The molecule has 102 valence electrons. The van der Waals surface area contributed by atoms with Crippen molar-refractivity contribution in [3.05, 3.63) is 0 Å². The van der Waals surface area contributed by atoms with Gasteiger partial charge in [-0.15, -0.1) is 0 Å². The molecule has 0 amide bonds. The second-order valence-corrected chi connectivity index (χ2v) is 5.98. The highest BCUT2D eigenvalue weighted by Crippen LogP contribution is 2.39. The third-order valence-corrected chi connectivity index (χ3v) is 4.07. The van der Waals surface area contributed by atoms with Crippen molar-refractivity contribution in [3.8, 4) is 0 Å². The minimum absolute atomic E-state index is 0.172. The molecule has 0 aliphatic rings. The third-order valence-electron chi connectivity index (χ3n) is 3.17. The Morgan fingerprint density at radius 3 is 2.12 bits per heavy atom. The molecule has 0 aromatic rings. The van der Waals surface area contributed by atoms with E-state index in [0.717, 1.165) is 0 Å². The quantitative estimate of drug-likeness (QED) is 0.520. The van der Waals surface area contributed by atoms with E-state index >= 15 is 0 Å². The van der Waals surface area contributed by atoms with Crippen molar-refractivity contribution < 1.29 is 23.9 Å². The topological polar surface area (TPSA) is 83.8 Å². The highest BCUT2D eigenvalue weighted by molar-refractivity contribution is 7.51. The van der Waals surface area contributed by atoms with Crippen molar-refractivity contribution in [2.45, 2.75) is 46.5 Å². The molecule has 6 heteroatoms. The average molecular weight is 266 g/mol. The number of esters is 1. The molecule has 0 aromatic heterocycles. The van der Waals surface area contributed by atoms with Crippen LogP contribution in [0.15, 0.2) is 0 Å². The Hall–Kier alpha value is -0.380. The lowest BCUT2D eigenvalue weighted by atomic mass is 9.78. The van der Waals surface area contributed by atoms with Gasteiger partial charge in [-0.3, -0.25) is 9.36 Å². The maximum absolute atomic E-state index is 11.9. The highest BCUT2D eigenvalue weighted by atomic mass is 31.2. The maximum Gasteiger partial charge on any atom is 0.325 e. The van der Waals surface area contributed by atoms with E-state index in [1.807, 2.05) is 13.8 Å². The van der Waals surface area contributed by atoms with E-state index in [2.05, 4.69) is 0 Å². The minimum Gasteiger partial charge on any atom is -0.466 e. The van der Waals surface area contributed by atoms with Gasteiger partial charge >= 0.3 is 13.6 Å². The van der Waals surface area contributed by atoms with Crippen molar-refractivity contribution in [2.75, 3.05) is 12.8 Å². The van der Waals surface area contributed by atoms with Crippen LogP contribution in [0.5, 0.6) is 0 Å². The normalized spacial score (nSPS) is 12.5. The van der Waals surface area contributed by atoms with Crippen LogP contribution in [0.1, 0.15) is 46.5 Å². The molecule has 2 N–H and O–H groups in total. The fourth-order valence-corrected chi connectivity index (χ4v) is 2.47. The second kappa shape index (κ2) is 7.14. The molecule has 0 bridgehead atoms. The summed E-state index contributed by atoms with van der Waals surface area (Å²) in [4.78, 5) is 29.5. The summed E-state index contributed by atoms with van der Waals surface area (Å²) in [6.45, 7) is 5.89. The molecule has 0 saturated heterocycles. The molecular weight excluding hydrogens is 243 g/mol. The number of rotatable bonds is 8. The van der Waals surface area contributed by atoms with Gasteiger partial charge in [0.15, 0.2) is 0 Å². The molecule has 0 spiro atoms. The summed E-state index contributed by atoms with van der Waals surface area (Å²) in [6, 6.07) is 0. The molecule has 0 aromatic carbocycles. The monoisotopic (exact) mass is 266 g/mol. The Morgan fingerprint density at radius 1 is 1.24 bits per heavy atom. The van der Waals surface area contributed by atoms with Crippen LogP contribution >= 0.6 is 7.60 Å². The molecule has 0 unspecified atom stereocenters. The van der Waals surface area contributed by atoms with Crippen LogP contribution in [0.3, 0.4) is 0 Å². The van der Waals surface area contributed by atoms with Crippen LogP contribution in [0.25, 0.3) is 0 Å². The average Bonchev–Trinajstić information content (AvgIpc) is 2.23. The lowest BCUT2D eigenvalue weighted by Gasteiger charge is -2.29. The van der Waals surface area contributed by atoms with Crippen LogP contribution in [-0.2, 0) is 14.1 Å². The summed E-state index contributed by atoms with van der Waals surface area (Å²) in [6.07, 6.45) is 1.88. The van der Waals surface area contributed by atoms with E-state index in [1.165, 1.54) is 0 Å². The van der Waals surface area contributed by atoms with E-state index in [1.54, 1.807) is 6.92 Å². The molecular formula is C11H23O5P. The van der Waals surface area contributed by atoms with Crippen LogP contribution < -0.4 is 0 Å². The fourth-order valence-electron chi connectivity index (χ4n) is 1.90. The number of carbonyl (C=O) groups is 1. The van der Waals surface area contributed by atoms with Crippen LogP contribution in [-0.4, -0.2) is 28.5 Å². The molecule has 0 heterocycles. The zero-order valence-electron chi connectivity index (χ0n) is 10.8. The Morgan fingerprint density at radius 2 is 1.76 bits per heavy atom. The standard InChI is InChI=1S/C11H23O5P/c1-4-11(5-2,10(12)16-6-3)8-7-9-17(13,14)15/h4-9H2,1-3H3,(H2,13,14,15). The van der Waals surface area contributed by atoms with Crippen LogP contribution in [0.2, 0.25) is 0 Å². The first-order valence-corrected chi connectivity index (χ1v) is 7.83. The number of hydrogen-bond donors (Lipinski definition) is 2. The van der Waals surface area contributed by atoms with Crippen molar-refractivity contribution >= 4 is 13.6 Å². The zero-order valence-corrected chi connectivity index (χ0v) is 11.7. The maximum atomic E-state index is 11.9. The van der Waals surface area contributed by atoms with Crippen molar-refractivity contribution in [3.63, 3.8) is 0 Å². The lowest BCUT2D eigenvalue weighted by molar-refractivity contribution is -0.156. The first-order valence-electron chi connectivity index (χ1n) is 6.03. The molecule has 0 atom stereocenters. The van der Waals surface area contributed by atoms with Gasteiger partial charge in [-0.25, -0.2) is 0 Å². The molecule has 0 aliphatic carbocycles. The van der Waals surface area contributed by atoms with Crippen molar-refractivity contribution in [1.29, 1.82) is 0 Å². The van der Waals surface area contributed by atoms with Gasteiger partial charge in [0.05, 0.1) is 12.0 Å². The lowest BCUT2D eigenvalue weighted by Crippen LogP contribution is -2.32. The first kappa shape index (κ1) is 16.6. The van der Waals surface area contributed by atoms with Gasteiger partial charge in [0.1, 0.15) is 0 Å². The minimum atomic E-state index is -3.97. The Bertz CT molecular complexity index is 280. The van der Waals surface area contributed by atoms with Gasteiger partial charge in [0.2, 0.25) is 0 Å². The van der Waals surface area contributed by atoms with Gasteiger partial charge in [0, 0.05) is 6.16 Å². The smallest absolute Gasteiger partial charge is 0.325 e. The molecule has 0 saturated carbocycles. The third kappa shape index (κ3) is 5.66. The molecule has 0 rings (SSSR count). The van der Waals surface area contributed by atoms with Gasteiger partial charge in [-0.2, -0.15) is 0 Å². The van der Waals surface area contributed by atoms with Crippen molar-refractivity contribution in [1.82, 2.24) is 0 Å². The number of hydrogen-bond acceptors (Lipinski definition) is 3. The number of ether oxygens (including phenoxy) is 1. The van der Waals surface area contributed by atoms with E-state index in [4.69, 9.17) is 14.5 Å². The van der Waals surface area contributed by atoms with Crippen LogP contribution in [0.4, 0.5) is 0 Å². The van der Waals surface area contributed by atoms with Crippen molar-refractivity contribution in [2.24, 2.45) is 5.41 Å². The van der Waals surface area contributed by atoms with Gasteiger partial charge in [-0.05, 0) is 32.6 Å². The molecule has 17 heavy (non-hydrogen) atoms. The van der Waals surface area contributed by atoms with E-state index in [9.17, 15) is 9.36 Å². The Balaban J connectivity index is 4.51. The SMILES string of the molecule is CCOC(=O)C(CC)(CC)CCCP(=O)(O)O. The van der Waals surface area contributed by atoms with Gasteiger partial charge in [-0.1, -0.05) is 13.8 Å². The summed E-state index contributed by atoms with van der Waals surface area (Å²) in [5.74, 6) is -0.254. The Kier molecular flexibility index (Phi) is 6.98. The fraction of sp³-hybridized carbons (Fsp3) is 0.909. The predicted octanol–water partition coefficient (Wildman–Crippen LogP) is 2.31. The predicted molar refractivity (Wildman–Crippen MR) is 65.8 cm³/mol. The molecule has 0 radical (unpaired) electrons. The summed E-state index contributed by atoms with van der Waals surface area (Å²) < 4.78 is 15.8. The molecule has 0 aliphatic heterocycles. The summed E-state index contributed by atoms with van der Waals surface area (Å²) in [5, 5.41) is 0. The van der Waals surface area contributed by atoms with E-state index in [0.29, 0.717) is 32.3 Å². The molecule has 0 fully saturated rings. The van der Waals surface area contributed by atoms with Crippen LogP contribution in [0, 0.1) is 5.41 Å². The summed E-state index contributed by atoms with van der Waals surface area (Å²) in [7, 11) is -3.97. The summed E-state index contributed by atoms with van der Waals surface area (Å²) in [5.41, 5.74) is -0.592. The van der Waals surface area contributed by atoms with E-state index in [-0.39, 0.29) is 12.1 Å². The molecule has 5 nitrogen and oxygen atoms in total. The van der Waals surface area contributed by atoms with Gasteiger partial charge < -0.3 is 14.5 Å². The largest absolute Gasteiger partial charge is 0.466 e.